The number of H-pyrrole nitrogens is 1. The summed E-state index contributed by atoms with van der Waals surface area (Å²) in [5.74, 6) is 1.35. The fraction of sp³-hybridized carbons (Fsp3) is 0.250. The highest BCUT2D eigenvalue weighted by Crippen LogP contribution is 2.21. The highest BCUT2D eigenvalue weighted by Gasteiger charge is 2.15. The number of ether oxygens (including phenoxy) is 2. The minimum Gasteiger partial charge on any atom is -1.00 e. The molecule has 11 heteroatoms. The van der Waals surface area contributed by atoms with E-state index in [9.17, 15) is 0 Å². The fourth-order valence-corrected chi connectivity index (χ4v) is 3.65. The molecule has 4 heterocycles. The average Bonchev–Trinajstić information content (AvgIpc) is 3.28. The van der Waals surface area contributed by atoms with Crippen molar-refractivity contribution in [2.75, 3.05) is 43.2 Å². The normalized spacial score (nSPS) is 13.3. The number of para-hydroxylation sites is 1. The van der Waals surface area contributed by atoms with Gasteiger partial charge < -0.3 is 53.3 Å². The van der Waals surface area contributed by atoms with Crippen molar-refractivity contribution in [2.24, 2.45) is 5.10 Å². The zero-order chi connectivity index (χ0) is 22.3. The lowest BCUT2D eigenvalue weighted by molar-refractivity contribution is -0.00100. The lowest BCUT2D eigenvalue weighted by Crippen LogP contribution is -3.00. The summed E-state index contributed by atoms with van der Waals surface area (Å²) in [5.41, 5.74) is 6.05. The van der Waals surface area contributed by atoms with Crippen molar-refractivity contribution >= 4 is 28.8 Å². The molecule has 3 aromatic heterocycles. The topological polar surface area (TPSA) is 101 Å². The first-order valence-corrected chi connectivity index (χ1v) is 10.9. The molecular weight excluding hydrogens is 578 g/mol. The number of fused-ring (bicyclic) bond motifs is 1. The molecule has 2 N–H and O–H groups in total. The monoisotopic (exact) mass is 601 g/mol. The van der Waals surface area contributed by atoms with Gasteiger partial charge in [-0.25, -0.2) is 0 Å². The van der Waals surface area contributed by atoms with Gasteiger partial charge in [0.2, 0.25) is 0 Å². The van der Waals surface area contributed by atoms with E-state index in [1.165, 1.54) is 0 Å². The summed E-state index contributed by atoms with van der Waals surface area (Å²) in [6.45, 7) is 3.30. The van der Waals surface area contributed by atoms with Gasteiger partial charge in [0, 0.05) is 60.1 Å². The summed E-state index contributed by atoms with van der Waals surface area (Å²) in [4.78, 5) is 18.8. The summed E-state index contributed by atoms with van der Waals surface area (Å²) in [7, 11) is 0. The maximum absolute atomic E-state index is 5.87. The number of hydrogen-bond donors (Lipinski definition) is 2. The van der Waals surface area contributed by atoms with E-state index in [0.717, 1.165) is 41.1 Å². The Morgan fingerprint density at radius 2 is 1.91 bits per heavy atom. The van der Waals surface area contributed by atoms with Gasteiger partial charge in [0.25, 0.3) is 0 Å². The van der Waals surface area contributed by atoms with Gasteiger partial charge in [0.15, 0.2) is 5.82 Å². The Kier molecular flexibility index (Phi) is 10.0. The van der Waals surface area contributed by atoms with Crippen LogP contribution >= 0.6 is 0 Å². The third kappa shape index (κ3) is 7.00. The Morgan fingerprint density at radius 3 is 2.74 bits per heavy atom. The summed E-state index contributed by atoms with van der Waals surface area (Å²) in [6.07, 6.45) is 6.16. The van der Waals surface area contributed by atoms with Crippen molar-refractivity contribution in [3.63, 3.8) is 0 Å². The Bertz CT molecular complexity index is 1230. The second kappa shape index (κ2) is 13.2. The quantitative estimate of drug-likeness (QED) is 0.167. The van der Waals surface area contributed by atoms with Crippen LogP contribution in [0.25, 0.3) is 10.9 Å². The Labute approximate surface area is 224 Å². The Balaban J connectivity index is 0.00000171. The largest absolute Gasteiger partial charge is 1.00 e. The molecule has 0 spiro atoms. The lowest BCUT2D eigenvalue weighted by Gasteiger charge is -2.28. The smallest absolute Gasteiger partial charge is 0.320 e. The molecule has 1 aliphatic rings. The second-order valence-corrected chi connectivity index (χ2v) is 7.57. The highest BCUT2D eigenvalue weighted by atomic mass is 79.9. The molecule has 1 saturated heterocycles. The highest BCUT2D eigenvalue weighted by molar-refractivity contribution is 5.99. The SMILES string of the molecule is C(=N\Nc1cc(N2CCOCC2)nc(OCCc2ccccn2)n1)/c1c[nH]c2ccccc12.[Br-].[Br-]. The summed E-state index contributed by atoms with van der Waals surface area (Å²) >= 11 is 0. The van der Waals surface area contributed by atoms with Crippen molar-refractivity contribution in [3.05, 3.63) is 72.2 Å². The van der Waals surface area contributed by atoms with Crippen molar-refractivity contribution in [2.45, 2.75) is 6.42 Å². The van der Waals surface area contributed by atoms with E-state index in [-0.39, 0.29) is 34.0 Å². The first-order valence-electron chi connectivity index (χ1n) is 10.9. The van der Waals surface area contributed by atoms with Crippen LogP contribution in [0.15, 0.2) is 66.0 Å². The average molecular weight is 603 g/mol. The zero-order valence-electron chi connectivity index (χ0n) is 18.9. The van der Waals surface area contributed by atoms with Gasteiger partial charge in [-0.3, -0.25) is 10.4 Å². The van der Waals surface area contributed by atoms with Gasteiger partial charge in [0.1, 0.15) is 5.82 Å². The van der Waals surface area contributed by atoms with Crippen molar-refractivity contribution < 1.29 is 43.4 Å². The molecule has 0 aliphatic carbocycles. The van der Waals surface area contributed by atoms with Crippen LogP contribution in [0.2, 0.25) is 0 Å². The van der Waals surface area contributed by atoms with Crippen LogP contribution in [0, 0.1) is 0 Å². The van der Waals surface area contributed by atoms with Crippen LogP contribution in [0.4, 0.5) is 11.6 Å². The summed E-state index contributed by atoms with van der Waals surface area (Å²) < 4.78 is 11.3. The molecule has 9 nitrogen and oxygen atoms in total. The summed E-state index contributed by atoms with van der Waals surface area (Å²) in [5, 5.41) is 5.50. The number of morpholine rings is 1. The summed E-state index contributed by atoms with van der Waals surface area (Å²) in [6, 6.07) is 16.1. The van der Waals surface area contributed by atoms with Crippen LogP contribution in [-0.2, 0) is 11.2 Å². The van der Waals surface area contributed by atoms with E-state index in [2.05, 4.69) is 41.4 Å². The van der Waals surface area contributed by atoms with E-state index in [1.54, 1.807) is 12.4 Å². The van der Waals surface area contributed by atoms with Crippen LogP contribution in [-0.4, -0.2) is 59.1 Å². The third-order valence-electron chi connectivity index (χ3n) is 5.35. The number of pyridine rings is 1. The number of rotatable bonds is 8. The van der Waals surface area contributed by atoms with E-state index < -0.39 is 0 Å². The molecule has 184 valence electrons. The van der Waals surface area contributed by atoms with Crippen molar-refractivity contribution in [3.8, 4) is 6.01 Å². The third-order valence-corrected chi connectivity index (χ3v) is 5.35. The minimum absolute atomic E-state index is 0. The predicted octanol–water partition coefficient (Wildman–Crippen LogP) is -2.73. The van der Waals surface area contributed by atoms with Crippen LogP contribution in [0.1, 0.15) is 11.3 Å². The lowest BCUT2D eigenvalue weighted by atomic mass is 10.2. The second-order valence-electron chi connectivity index (χ2n) is 7.57. The maximum Gasteiger partial charge on any atom is 0.320 e. The molecule has 35 heavy (non-hydrogen) atoms. The van der Waals surface area contributed by atoms with E-state index in [1.807, 2.05) is 48.7 Å². The standard InChI is InChI=1S/C24H25N7O2.2BrH/c1-2-7-21-20(6-1)18(16-26-21)17-27-30-22-15-23(31-10-13-32-14-11-31)29-24(28-22)33-12-8-19-5-3-4-9-25-19;;/h1-7,9,15-17,26H,8,10-14H2,(H,28,29,30);2*1H/p-2/b27-17+;;. The number of hydrogen-bond acceptors (Lipinski definition) is 8. The van der Waals surface area contributed by atoms with E-state index >= 15 is 0 Å². The van der Waals surface area contributed by atoms with Crippen LogP contribution in [0.3, 0.4) is 0 Å². The van der Waals surface area contributed by atoms with Gasteiger partial charge in [0.05, 0.1) is 26.0 Å². The molecule has 4 aromatic rings. The van der Waals surface area contributed by atoms with Gasteiger partial charge in [-0.2, -0.15) is 15.1 Å². The molecular formula is C24H25Br2N7O2-2. The Morgan fingerprint density at radius 1 is 1.09 bits per heavy atom. The molecule has 0 bridgehead atoms. The Hall–Kier alpha value is -3.02. The number of hydrazone groups is 1. The van der Waals surface area contributed by atoms with Crippen molar-refractivity contribution in [1.82, 2.24) is 19.9 Å². The number of benzene rings is 1. The maximum atomic E-state index is 5.87. The molecule has 0 atom stereocenters. The van der Waals surface area contributed by atoms with Gasteiger partial charge in [-0.1, -0.05) is 24.3 Å². The fourth-order valence-electron chi connectivity index (χ4n) is 3.65. The number of aromatic nitrogens is 4. The minimum atomic E-state index is 0. The molecule has 0 amide bonds. The van der Waals surface area contributed by atoms with Crippen LogP contribution in [0.5, 0.6) is 6.01 Å². The van der Waals surface area contributed by atoms with Gasteiger partial charge in [-0.15, -0.1) is 0 Å². The predicted molar refractivity (Wildman–Crippen MR) is 128 cm³/mol. The molecule has 1 aliphatic heterocycles. The number of anilines is 2. The molecule has 0 radical (unpaired) electrons. The number of halogens is 2. The molecule has 1 aromatic carbocycles. The first kappa shape index (κ1) is 26.6. The molecule has 5 rings (SSSR count). The molecule has 1 fully saturated rings. The molecule has 0 unspecified atom stereocenters. The van der Waals surface area contributed by atoms with Crippen molar-refractivity contribution in [1.29, 1.82) is 0 Å². The van der Waals surface area contributed by atoms with E-state index in [4.69, 9.17) is 9.47 Å². The van der Waals surface area contributed by atoms with Crippen LogP contribution < -0.4 is 49.0 Å². The number of nitrogens with zero attached hydrogens (tertiary/aromatic N) is 5. The zero-order valence-corrected chi connectivity index (χ0v) is 22.1. The van der Waals surface area contributed by atoms with Gasteiger partial charge in [-0.05, 0) is 18.2 Å². The number of nitrogens with one attached hydrogen (secondary N) is 2. The van der Waals surface area contributed by atoms with E-state index in [0.29, 0.717) is 38.1 Å². The van der Waals surface area contributed by atoms with Gasteiger partial charge >= 0.3 is 6.01 Å². The number of aromatic amines is 1. The molecule has 0 saturated carbocycles. The first-order chi connectivity index (χ1) is 16.3.